The number of anilines is 1. The van der Waals surface area contributed by atoms with Gasteiger partial charge in [-0.1, -0.05) is 6.92 Å². The lowest BCUT2D eigenvalue weighted by Crippen LogP contribution is -2.32. The number of aromatic nitrogens is 2. The SMILES string of the molecule is CCc1cnn2c1NCCC2C1CCCO1. The molecule has 2 unspecified atom stereocenters. The Bertz CT molecular complexity index is 368. The molecule has 1 N–H and O–H groups in total. The molecule has 0 aromatic carbocycles. The fourth-order valence-corrected chi connectivity index (χ4v) is 2.81. The Balaban J connectivity index is 1.90. The Labute approximate surface area is 96.0 Å². The first-order chi connectivity index (χ1) is 7.90. The number of rotatable bonds is 2. The van der Waals surface area contributed by atoms with Gasteiger partial charge in [0.1, 0.15) is 5.82 Å². The molecule has 4 nitrogen and oxygen atoms in total. The minimum Gasteiger partial charge on any atom is -0.376 e. The van der Waals surface area contributed by atoms with E-state index in [0.717, 1.165) is 26.0 Å². The normalized spacial score (nSPS) is 28.8. The van der Waals surface area contributed by atoms with E-state index in [1.807, 2.05) is 6.20 Å². The van der Waals surface area contributed by atoms with E-state index in [1.165, 1.54) is 24.2 Å². The zero-order valence-corrected chi connectivity index (χ0v) is 9.78. The van der Waals surface area contributed by atoms with Crippen molar-refractivity contribution in [3.63, 3.8) is 0 Å². The van der Waals surface area contributed by atoms with Crippen molar-refractivity contribution in [1.29, 1.82) is 0 Å². The Morgan fingerprint density at radius 3 is 3.25 bits per heavy atom. The molecule has 2 aliphatic rings. The van der Waals surface area contributed by atoms with Gasteiger partial charge in [-0.3, -0.25) is 0 Å². The largest absolute Gasteiger partial charge is 0.376 e. The van der Waals surface area contributed by atoms with Crippen LogP contribution in [0.4, 0.5) is 5.82 Å². The number of fused-ring (bicyclic) bond motifs is 1. The monoisotopic (exact) mass is 221 g/mol. The Hall–Kier alpha value is -1.03. The topological polar surface area (TPSA) is 39.1 Å². The minimum atomic E-state index is 0.380. The molecule has 3 heterocycles. The summed E-state index contributed by atoms with van der Waals surface area (Å²) in [5.74, 6) is 1.22. The smallest absolute Gasteiger partial charge is 0.127 e. The van der Waals surface area contributed by atoms with Gasteiger partial charge in [0.15, 0.2) is 0 Å². The van der Waals surface area contributed by atoms with Crippen LogP contribution < -0.4 is 5.32 Å². The average Bonchev–Trinajstić information content (AvgIpc) is 2.97. The van der Waals surface area contributed by atoms with Crippen LogP contribution in [0.15, 0.2) is 6.20 Å². The first-order valence-electron chi connectivity index (χ1n) is 6.32. The molecule has 88 valence electrons. The molecule has 0 amide bonds. The summed E-state index contributed by atoms with van der Waals surface area (Å²) in [6.07, 6.45) is 6.93. The van der Waals surface area contributed by atoms with Gasteiger partial charge in [-0.25, -0.2) is 4.68 Å². The number of hydrogen-bond acceptors (Lipinski definition) is 3. The van der Waals surface area contributed by atoms with Crippen molar-refractivity contribution in [3.8, 4) is 0 Å². The molecule has 0 radical (unpaired) electrons. The standard InChI is InChI=1S/C12H19N3O/c1-2-9-8-14-15-10(5-6-13-12(9)15)11-4-3-7-16-11/h8,10-11,13H,2-7H2,1H3. The predicted octanol–water partition coefficient (Wildman–Crippen LogP) is 1.98. The molecule has 0 aliphatic carbocycles. The maximum Gasteiger partial charge on any atom is 0.127 e. The second kappa shape index (κ2) is 4.09. The van der Waals surface area contributed by atoms with Crippen LogP contribution >= 0.6 is 0 Å². The van der Waals surface area contributed by atoms with Gasteiger partial charge in [-0.2, -0.15) is 5.10 Å². The summed E-state index contributed by atoms with van der Waals surface area (Å²) in [5, 5.41) is 7.99. The summed E-state index contributed by atoms with van der Waals surface area (Å²) in [6, 6.07) is 0.444. The van der Waals surface area contributed by atoms with Gasteiger partial charge in [0, 0.05) is 18.7 Å². The fourth-order valence-electron chi connectivity index (χ4n) is 2.81. The summed E-state index contributed by atoms with van der Waals surface area (Å²) in [5.41, 5.74) is 1.32. The van der Waals surface area contributed by atoms with Gasteiger partial charge in [-0.15, -0.1) is 0 Å². The highest BCUT2D eigenvalue weighted by molar-refractivity contribution is 5.45. The van der Waals surface area contributed by atoms with Crippen LogP contribution in [0, 0.1) is 0 Å². The number of hydrogen-bond donors (Lipinski definition) is 1. The van der Waals surface area contributed by atoms with Crippen LogP contribution in [0.5, 0.6) is 0 Å². The summed E-state index contributed by atoms with van der Waals surface area (Å²) in [7, 11) is 0. The van der Waals surface area contributed by atoms with E-state index < -0.39 is 0 Å². The molecule has 3 rings (SSSR count). The van der Waals surface area contributed by atoms with Crippen molar-refractivity contribution in [2.24, 2.45) is 0 Å². The summed E-state index contributed by atoms with van der Waals surface area (Å²) in [4.78, 5) is 0. The first-order valence-corrected chi connectivity index (χ1v) is 6.32. The molecule has 0 bridgehead atoms. The van der Waals surface area contributed by atoms with Crippen molar-refractivity contribution in [3.05, 3.63) is 11.8 Å². The highest BCUT2D eigenvalue weighted by Crippen LogP contribution is 2.33. The molecule has 2 aliphatic heterocycles. The molecule has 0 saturated carbocycles. The highest BCUT2D eigenvalue weighted by atomic mass is 16.5. The molecule has 1 fully saturated rings. The van der Waals surface area contributed by atoms with Gasteiger partial charge >= 0.3 is 0 Å². The lowest BCUT2D eigenvalue weighted by molar-refractivity contribution is 0.0591. The molecule has 2 atom stereocenters. The molecule has 1 aromatic rings. The summed E-state index contributed by atoms with van der Waals surface area (Å²) >= 11 is 0. The lowest BCUT2D eigenvalue weighted by Gasteiger charge is -2.30. The van der Waals surface area contributed by atoms with E-state index in [0.29, 0.717) is 12.1 Å². The van der Waals surface area contributed by atoms with Crippen LogP contribution in [-0.4, -0.2) is 29.0 Å². The van der Waals surface area contributed by atoms with Crippen molar-refractivity contribution in [2.45, 2.75) is 44.8 Å². The molecule has 1 aromatic heterocycles. The number of aryl methyl sites for hydroxylation is 1. The number of nitrogens with one attached hydrogen (secondary N) is 1. The molecule has 4 heteroatoms. The molecule has 0 spiro atoms. The Kier molecular flexibility index (Phi) is 2.59. The van der Waals surface area contributed by atoms with E-state index in [9.17, 15) is 0 Å². The second-order valence-electron chi connectivity index (χ2n) is 4.65. The van der Waals surface area contributed by atoms with E-state index >= 15 is 0 Å². The van der Waals surface area contributed by atoms with E-state index in [-0.39, 0.29) is 0 Å². The van der Waals surface area contributed by atoms with Crippen LogP contribution in [0.25, 0.3) is 0 Å². The van der Waals surface area contributed by atoms with Gasteiger partial charge < -0.3 is 10.1 Å². The van der Waals surface area contributed by atoms with E-state index in [2.05, 4.69) is 22.0 Å². The second-order valence-corrected chi connectivity index (χ2v) is 4.65. The van der Waals surface area contributed by atoms with Crippen molar-refractivity contribution in [1.82, 2.24) is 9.78 Å². The van der Waals surface area contributed by atoms with Gasteiger partial charge in [0.25, 0.3) is 0 Å². The van der Waals surface area contributed by atoms with Crippen LogP contribution in [-0.2, 0) is 11.2 Å². The number of ether oxygens (including phenoxy) is 1. The number of nitrogens with zero attached hydrogens (tertiary/aromatic N) is 2. The van der Waals surface area contributed by atoms with Gasteiger partial charge in [-0.05, 0) is 25.7 Å². The van der Waals surface area contributed by atoms with Crippen molar-refractivity contribution < 1.29 is 4.74 Å². The van der Waals surface area contributed by atoms with Crippen LogP contribution in [0.2, 0.25) is 0 Å². The van der Waals surface area contributed by atoms with Crippen LogP contribution in [0.1, 0.15) is 37.8 Å². The van der Waals surface area contributed by atoms with Gasteiger partial charge in [0.05, 0.1) is 18.3 Å². The quantitative estimate of drug-likeness (QED) is 0.830. The zero-order chi connectivity index (χ0) is 11.0. The third kappa shape index (κ3) is 1.52. The van der Waals surface area contributed by atoms with Gasteiger partial charge in [0.2, 0.25) is 0 Å². The molecular formula is C12H19N3O. The molecular weight excluding hydrogens is 202 g/mol. The van der Waals surface area contributed by atoms with E-state index in [4.69, 9.17) is 4.74 Å². The predicted molar refractivity (Wildman–Crippen MR) is 62.7 cm³/mol. The Morgan fingerprint density at radius 1 is 1.56 bits per heavy atom. The molecule has 16 heavy (non-hydrogen) atoms. The lowest BCUT2D eigenvalue weighted by atomic mass is 10.0. The third-order valence-corrected chi connectivity index (χ3v) is 3.69. The summed E-state index contributed by atoms with van der Waals surface area (Å²) < 4.78 is 7.95. The van der Waals surface area contributed by atoms with Crippen molar-refractivity contribution in [2.75, 3.05) is 18.5 Å². The maximum absolute atomic E-state index is 5.80. The first kappa shape index (κ1) is 10.1. The minimum absolute atomic E-state index is 0.380. The fraction of sp³-hybridized carbons (Fsp3) is 0.750. The highest BCUT2D eigenvalue weighted by Gasteiger charge is 2.32. The van der Waals surface area contributed by atoms with Crippen LogP contribution in [0.3, 0.4) is 0 Å². The molecule has 1 saturated heterocycles. The maximum atomic E-state index is 5.80. The Morgan fingerprint density at radius 2 is 2.50 bits per heavy atom. The van der Waals surface area contributed by atoms with E-state index in [1.54, 1.807) is 0 Å². The zero-order valence-electron chi connectivity index (χ0n) is 9.78. The summed E-state index contributed by atoms with van der Waals surface area (Å²) in [6.45, 7) is 4.14. The third-order valence-electron chi connectivity index (χ3n) is 3.69. The van der Waals surface area contributed by atoms with Crippen molar-refractivity contribution >= 4 is 5.82 Å². The average molecular weight is 221 g/mol.